The Labute approximate surface area is 148 Å². The molecule has 2 aromatic rings. The van der Waals surface area contributed by atoms with Crippen LogP contribution in [-0.4, -0.2) is 30.2 Å². The molecule has 0 aliphatic carbocycles. The van der Waals surface area contributed by atoms with Crippen molar-refractivity contribution in [2.24, 2.45) is 0 Å². The lowest BCUT2D eigenvalue weighted by Gasteiger charge is -2.28. The van der Waals surface area contributed by atoms with Gasteiger partial charge in [0.2, 0.25) is 0 Å². The lowest BCUT2D eigenvalue weighted by Crippen LogP contribution is -2.49. The topological polar surface area (TPSA) is 47.9 Å². The van der Waals surface area contributed by atoms with Gasteiger partial charge in [0, 0.05) is 6.61 Å². The van der Waals surface area contributed by atoms with Gasteiger partial charge < -0.3 is 14.6 Å². The van der Waals surface area contributed by atoms with E-state index >= 15 is 0 Å². The van der Waals surface area contributed by atoms with Gasteiger partial charge in [-0.15, -0.1) is 0 Å². The Kier molecular flexibility index (Phi) is 6.30. The molecular formula is C18H20F4O4. The van der Waals surface area contributed by atoms with Crippen LogP contribution in [0.5, 0.6) is 11.5 Å². The van der Waals surface area contributed by atoms with Crippen LogP contribution in [-0.2, 0) is 9.47 Å². The molecule has 0 saturated heterocycles. The fraction of sp³-hybridized carbons (Fsp3) is 0.444. The summed E-state index contributed by atoms with van der Waals surface area (Å²) in [5.74, 6) is -0.468. The van der Waals surface area contributed by atoms with Crippen LogP contribution in [0.3, 0.4) is 0 Å². The summed E-state index contributed by atoms with van der Waals surface area (Å²) in [5.41, 5.74) is 0. The highest BCUT2D eigenvalue weighted by molar-refractivity contribution is 5.85. The van der Waals surface area contributed by atoms with E-state index in [-0.39, 0.29) is 12.4 Å². The van der Waals surface area contributed by atoms with Gasteiger partial charge in [-0.2, -0.15) is 17.6 Å². The van der Waals surface area contributed by atoms with Gasteiger partial charge in [-0.05, 0) is 48.4 Å². The SMILES string of the molecule is CCCCOC(C)OC(F)(F)C(F)(F)Oc1ccc2cc(O)ccc2c1. The lowest BCUT2D eigenvalue weighted by molar-refractivity contribution is -0.434. The summed E-state index contributed by atoms with van der Waals surface area (Å²) >= 11 is 0. The number of benzene rings is 2. The molecule has 0 amide bonds. The fourth-order valence-electron chi connectivity index (χ4n) is 2.19. The Hall–Kier alpha value is -2.06. The summed E-state index contributed by atoms with van der Waals surface area (Å²) < 4.78 is 68.6. The minimum Gasteiger partial charge on any atom is -0.508 e. The van der Waals surface area contributed by atoms with Gasteiger partial charge in [0.05, 0.1) is 0 Å². The first-order valence-electron chi connectivity index (χ1n) is 8.11. The number of hydrogen-bond donors (Lipinski definition) is 1. The predicted octanol–water partition coefficient (Wildman–Crippen LogP) is 5.29. The van der Waals surface area contributed by atoms with Crippen molar-refractivity contribution in [3.63, 3.8) is 0 Å². The molecule has 0 aromatic heterocycles. The summed E-state index contributed by atoms with van der Waals surface area (Å²) in [7, 11) is 0. The van der Waals surface area contributed by atoms with Crippen LogP contribution in [0.4, 0.5) is 17.6 Å². The number of phenolic OH excluding ortho intramolecular Hbond substituents is 1. The number of hydrogen-bond acceptors (Lipinski definition) is 4. The van der Waals surface area contributed by atoms with E-state index in [4.69, 9.17) is 4.74 Å². The molecule has 0 spiro atoms. The Morgan fingerprint density at radius 1 is 1.00 bits per heavy atom. The summed E-state index contributed by atoms with van der Waals surface area (Å²) in [5, 5.41) is 10.4. The van der Waals surface area contributed by atoms with Crippen molar-refractivity contribution in [1.29, 1.82) is 0 Å². The van der Waals surface area contributed by atoms with Crippen molar-refractivity contribution in [3.05, 3.63) is 36.4 Å². The summed E-state index contributed by atoms with van der Waals surface area (Å²) in [6.07, 6.45) is -9.95. The molecule has 1 N–H and O–H groups in total. The molecule has 0 aliphatic heterocycles. The van der Waals surface area contributed by atoms with Gasteiger partial charge in [-0.1, -0.05) is 25.5 Å². The molecule has 8 heteroatoms. The average molecular weight is 376 g/mol. The molecule has 1 atom stereocenters. The largest absolute Gasteiger partial charge is 0.508 e. The minimum absolute atomic E-state index is 0.00603. The molecule has 144 valence electrons. The first-order valence-corrected chi connectivity index (χ1v) is 8.11. The van der Waals surface area contributed by atoms with Crippen molar-refractivity contribution >= 4 is 10.8 Å². The van der Waals surface area contributed by atoms with Gasteiger partial charge in [-0.25, -0.2) is 0 Å². The first-order chi connectivity index (χ1) is 12.1. The molecule has 0 aliphatic rings. The van der Waals surface area contributed by atoms with Gasteiger partial charge in [0.25, 0.3) is 0 Å². The highest BCUT2D eigenvalue weighted by Crippen LogP contribution is 2.39. The smallest absolute Gasteiger partial charge is 0.494 e. The molecule has 0 saturated carbocycles. The van der Waals surface area contributed by atoms with E-state index in [0.717, 1.165) is 19.4 Å². The van der Waals surface area contributed by atoms with Crippen molar-refractivity contribution in [1.82, 2.24) is 0 Å². The molecule has 0 fully saturated rings. The van der Waals surface area contributed by atoms with Crippen LogP contribution in [0.1, 0.15) is 26.7 Å². The van der Waals surface area contributed by atoms with E-state index in [9.17, 15) is 22.7 Å². The van der Waals surface area contributed by atoms with Crippen LogP contribution >= 0.6 is 0 Å². The van der Waals surface area contributed by atoms with Crippen LogP contribution < -0.4 is 4.74 Å². The number of unbranched alkanes of at least 4 members (excludes halogenated alkanes) is 1. The van der Waals surface area contributed by atoms with E-state index in [2.05, 4.69) is 9.47 Å². The zero-order chi connectivity index (χ0) is 19.4. The Morgan fingerprint density at radius 2 is 1.65 bits per heavy atom. The summed E-state index contributed by atoms with van der Waals surface area (Å²) in [6.45, 7) is 3.11. The first kappa shape index (κ1) is 20.3. The second-order valence-corrected chi connectivity index (χ2v) is 5.74. The third kappa shape index (κ3) is 4.98. The van der Waals surface area contributed by atoms with E-state index in [1.54, 1.807) is 0 Å². The lowest BCUT2D eigenvalue weighted by atomic mass is 10.1. The number of alkyl halides is 4. The maximum absolute atomic E-state index is 13.9. The maximum Gasteiger partial charge on any atom is 0.494 e. The zero-order valence-corrected chi connectivity index (χ0v) is 14.3. The van der Waals surface area contributed by atoms with Crippen LogP contribution in [0.15, 0.2) is 36.4 Å². The van der Waals surface area contributed by atoms with Crippen LogP contribution in [0.25, 0.3) is 10.8 Å². The van der Waals surface area contributed by atoms with Crippen molar-refractivity contribution in [2.75, 3.05) is 6.61 Å². The van der Waals surface area contributed by atoms with Crippen molar-refractivity contribution < 1.29 is 36.9 Å². The van der Waals surface area contributed by atoms with E-state index in [0.29, 0.717) is 17.2 Å². The van der Waals surface area contributed by atoms with Gasteiger partial charge >= 0.3 is 12.2 Å². The average Bonchev–Trinajstić information content (AvgIpc) is 2.54. The second kappa shape index (κ2) is 8.09. The third-order valence-electron chi connectivity index (χ3n) is 3.54. The van der Waals surface area contributed by atoms with E-state index in [1.165, 1.54) is 30.3 Å². The number of rotatable bonds is 9. The monoisotopic (exact) mass is 376 g/mol. The number of phenols is 1. The summed E-state index contributed by atoms with van der Waals surface area (Å²) in [6, 6.07) is 7.85. The van der Waals surface area contributed by atoms with Crippen LogP contribution in [0, 0.1) is 0 Å². The Morgan fingerprint density at radius 3 is 2.35 bits per heavy atom. The number of ether oxygens (including phenoxy) is 3. The molecule has 26 heavy (non-hydrogen) atoms. The number of aromatic hydroxyl groups is 1. The summed E-state index contributed by atoms with van der Waals surface area (Å²) in [4.78, 5) is 0. The van der Waals surface area contributed by atoms with Gasteiger partial charge in [0.1, 0.15) is 11.5 Å². The Balaban J connectivity index is 2.09. The molecule has 2 rings (SSSR count). The molecule has 0 radical (unpaired) electrons. The number of halogens is 4. The van der Waals surface area contributed by atoms with Crippen molar-refractivity contribution in [2.45, 2.75) is 45.2 Å². The normalized spacial score (nSPS) is 13.8. The number of fused-ring (bicyclic) bond motifs is 1. The highest BCUT2D eigenvalue weighted by atomic mass is 19.3. The van der Waals surface area contributed by atoms with Crippen molar-refractivity contribution in [3.8, 4) is 11.5 Å². The predicted molar refractivity (Wildman–Crippen MR) is 87.5 cm³/mol. The molecule has 4 nitrogen and oxygen atoms in total. The fourth-order valence-corrected chi connectivity index (χ4v) is 2.19. The second-order valence-electron chi connectivity index (χ2n) is 5.74. The van der Waals surface area contributed by atoms with Crippen LogP contribution in [0.2, 0.25) is 0 Å². The highest BCUT2D eigenvalue weighted by Gasteiger charge is 2.62. The zero-order valence-electron chi connectivity index (χ0n) is 14.3. The molecule has 0 heterocycles. The molecule has 0 bridgehead atoms. The van der Waals surface area contributed by atoms with Gasteiger partial charge in [0.15, 0.2) is 6.29 Å². The quantitative estimate of drug-likeness (QED) is 0.367. The molecular weight excluding hydrogens is 356 g/mol. The molecule has 1 unspecified atom stereocenters. The molecule has 2 aromatic carbocycles. The maximum atomic E-state index is 13.9. The van der Waals surface area contributed by atoms with E-state index < -0.39 is 24.3 Å². The minimum atomic E-state index is -4.90. The van der Waals surface area contributed by atoms with Gasteiger partial charge in [-0.3, -0.25) is 4.74 Å². The standard InChI is InChI=1S/C18H20F4O4/c1-3-4-9-24-12(2)25-17(19,20)18(21,22)26-16-8-6-13-10-15(23)7-5-14(13)11-16/h5-8,10-12,23H,3-4,9H2,1-2H3. The Bertz CT molecular complexity index is 736. The van der Waals surface area contributed by atoms with E-state index in [1.807, 2.05) is 6.92 Å². The third-order valence-corrected chi connectivity index (χ3v) is 3.54.